The van der Waals surface area contributed by atoms with Crippen LogP contribution in [0.1, 0.15) is 37.5 Å². The molecule has 3 aromatic rings. The lowest BCUT2D eigenvalue weighted by atomic mass is 10.1. The third kappa shape index (κ3) is 7.11. The second kappa shape index (κ2) is 11.1. The molecule has 0 aliphatic rings. The van der Waals surface area contributed by atoms with Gasteiger partial charge in [-0.15, -0.1) is 0 Å². The summed E-state index contributed by atoms with van der Waals surface area (Å²) in [7, 11) is 0. The SMILES string of the molecule is NC(=O)c1cccc(CCN(c2ccc(C(=O)NCc3ccc(C(F)(F)F)nc3)cc2)S(=O)[O-])c1. The number of rotatable bonds is 9. The van der Waals surface area contributed by atoms with Gasteiger partial charge in [-0.05, 0) is 60.0 Å². The number of alkyl halides is 3. The zero-order valence-corrected chi connectivity index (χ0v) is 18.9. The average Bonchev–Trinajstić information content (AvgIpc) is 2.82. The van der Waals surface area contributed by atoms with Gasteiger partial charge in [0, 0.05) is 47.4 Å². The largest absolute Gasteiger partial charge is 0.755 e. The van der Waals surface area contributed by atoms with Crippen LogP contribution in [0.3, 0.4) is 0 Å². The quantitative estimate of drug-likeness (QED) is 0.432. The highest BCUT2D eigenvalue weighted by Gasteiger charge is 2.32. The lowest BCUT2D eigenvalue weighted by Gasteiger charge is -2.26. The van der Waals surface area contributed by atoms with Crippen molar-refractivity contribution < 1.29 is 31.5 Å². The predicted octanol–water partition coefficient (Wildman–Crippen LogP) is 2.97. The van der Waals surface area contributed by atoms with E-state index in [0.29, 0.717) is 23.2 Å². The number of aromatic nitrogens is 1. The van der Waals surface area contributed by atoms with E-state index in [9.17, 15) is 31.5 Å². The van der Waals surface area contributed by atoms with Gasteiger partial charge in [-0.2, -0.15) is 13.2 Å². The van der Waals surface area contributed by atoms with Crippen molar-refractivity contribution in [1.29, 1.82) is 0 Å². The average molecular weight is 505 g/mol. The van der Waals surface area contributed by atoms with Gasteiger partial charge in [-0.3, -0.25) is 18.8 Å². The molecule has 1 heterocycles. The maximum absolute atomic E-state index is 12.6. The Hall–Kier alpha value is -3.77. The van der Waals surface area contributed by atoms with Gasteiger partial charge in [-0.1, -0.05) is 18.2 Å². The number of halogens is 3. The fourth-order valence-electron chi connectivity index (χ4n) is 3.16. The van der Waals surface area contributed by atoms with E-state index in [0.717, 1.165) is 22.1 Å². The Bertz CT molecular complexity index is 1220. The molecule has 0 fully saturated rings. The minimum atomic E-state index is -4.54. The van der Waals surface area contributed by atoms with E-state index in [-0.39, 0.29) is 18.7 Å². The van der Waals surface area contributed by atoms with Crippen molar-refractivity contribution in [3.63, 3.8) is 0 Å². The molecule has 1 unspecified atom stereocenters. The van der Waals surface area contributed by atoms with Crippen molar-refractivity contribution in [3.05, 3.63) is 94.8 Å². The second-order valence-electron chi connectivity index (χ2n) is 7.41. The highest BCUT2D eigenvalue weighted by Crippen LogP contribution is 2.27. The fraction of sp³-hybridized carbons (Fsp3) is 0.174. The first kappa shape index (κ1) is 25.8. The number of carbonyl (C=O) groups is 2. The van der Waals surface area contributed by atoms with Gasteiger partial charge >= 0.3 is 6.18 Å². The summed E-state index contributed by atoms with van der Waals surface area (Å²) >= 11 is -2.59. The number of benzene rings is 2. The summed E-state index contributed by atoms with van der Waals surface area (Å²) in [4.78, 5) is 27.0. The van der Waals surface area contributed by atoms with Gasteiger partial charge in [-0.25, -0.2) is 0 Å². The van der Waals surface area contributed by atoms with Gasteiger partial charge in [0.25, 0.3) is 5.91 Å². The molecule has 0 aliphatic carbocycles. The molecule has 35 heavy (non-hydrogen) atoms. The first-order chi connectivity index (χ1) is 16.5. The Morgan fingerprint density at radius 2 is 1.74 bits per heavy atom. The molecular formula is C23H20F3N4O4S-. The van der Waals surface area contributed by atoms with Crippen molar-refractivity contribution in [1.82, 2.24) is 10.3 Å². The fourth-order valence-corrected chi connectivity index (χ4v) is 3.69. The number of hydrogen-bond acceptors (Lipinski definition) is 5. The molecular weight excluding hydrogens is 485 g/mol. The van der Waals surface area contributed by atoms with E-state index in [1.165, 1.54) is 30.3 Å². The van der Waals surface area contributed by atoms with Gasteiger partial charge in [0.05, 0.1) is 0 Å². The van der Waals surface area contributed by atoms with E-state index >= 15 is 0 Å². The van der Waals surface area contributed by atoms with Crippen molar-refractivity contribution in [2.45, 2.75) is 19.1 Å². The molecule has 2 amide bonds. The second-order valence-corrected chi connectivity index (χ2v) is 8.29. The van der Waals surface area contributed by atoms with E-state index in [4.69, 9.17) is 5.73 Å². The Balaban J connectivity index is 1.61. The van der Waals surface area contributed by atoms with E-state index in [1.807, 2.05) is 0 Å². The number of pyridine rings is 1. The summed E-state index contributed by atoms with van der Waals surface area (Å²) in [5.74, 6) is -1.07. The Labute approximate surface area is 201 Å². The molecule has 1 atom stereocenters. The molecule has 12 heteroatoms. The number of nitrogens with one attached hydrogen (secondary N) is 1. The highest BCUT2D eigenvalue weighted by molar-refractivity contribution is 7.80. The Morgan fingerprint density at radius 1 is 1.03 bits per heavy atom. The van der Waals surface area contributed by atoms with Crippen molar-refractivity contribution in [3.8, 4) is 0 Å². The van der Waals surface area contributed by atoms with Gasteiger partial charge in [0.2, 0.25) is 5.91 Å². The molecule has 0 bridgehead atoms. The van der Waals surface area contributed by atoms with Gasteiger partial charge < -0.3 is 19.9 Å². The third-order valence-corrected chi connectivity index (χ3v) is 5.73. The van der Waals surface area contributed by atoms with E-state index in [1.54, 1.807) is 24.3 Å². The van der Waals surface area contributed by atoms with Gasteiger partial charge in [0.1, 0.15) is 5.69 Å². The maximum atomic E-state index is 12.6. The molecule has 0 radical (unpaired) electrons. The van der Waals surface area contributed by atoms with Gasteiger partial charge in [0.15, 0.2) is 0 Å². The normalized spacial score (nSPS) is 12.1. The van der Waals surface area contributed by atoms with Crippen molar-refractivity contribution in [2.75, 3.05) is 10.8 Å². The number of nitrogens with zero attached hydrogens (tertiary/aromatic N) is 2. The van der Waals surface area contributed by atoms with E-state index < -0.39 is 35.0 Å². The molecule has 1 aromatic heterocycles. The number of amides is 2. The molecule has 0 saturated carbocycles. The minimum Gasteiger partial charge on any atom is -0.755 e. The number of nitrogens with two attached hydrogens (primary N) is 1. The summed E-state index contributed by atoms with van der Waals surface area (Å²) in [5.41, 5.74) is 6.24. The van der Waals surface area contributed by atoms with Crippen LogP contribution in [0, 0.1) is 0 Å². The van der Waals surface area contributed by atoms with Crippen LogP contribution in [0.25, 0.3) is 0 Å². The molecule has 8 nitrogen and oxygen atoms in total. The minimum absolute atomic E-state index is 0.0349. The van der Waals surface area contributed by atoms with Crippen LogP contribution in [0.5, 0.6) is 0 Å². The Morgan fingerprint density at radius 3 is 2.31 bits per heavy atom. The standard InChI is InChI=1S/C23H21F3N4O4S/c24-23(25,26)20-9-4-16(13-28-20)14-29-22(32)17-5-7-19(8-6-17)30(35(33)34)11-10-15-2-1-3-18(12-15)21(27)31/h1-9,12-13H,10-11,14H2,(H2,27,31)(H,29,32)(H,33,34)/p-1. The van der Waals surface area contributed by atoms with Crippen LogP contribution in [0.4, 0.5) is 18.9 Å². The first-order valence-electron chi connectivity index (χ1n) is 10.2. The van der Waals surface area contributed by atoms with Crippen molar-refractivity contribution >= 4 is 28.8 Å². The van der Waals surface area contributed by atoms with E-state index in [2.05, 4.69) is 10.3 Å². The molecule has 0 aliphatic heterocycles. The summed E-state index contributed by atoms with van der Waals surface area (Å²) in [6.45, 7) is 0.0532. The number of anilines is 1. The predicted molar refractivity (Wildman–Crippen MR) is 122 cm³/mol. The van der Waals surface area contributed by atoms with Crippen LogP contribution in [0.15, 0.2) is 66.9 Å². The smallest absolute Gasteiger partial charge is 0.433 e. The van der Waals surface area contributed by atoms with Crippen LogP contribution in [0.2, 0.25) is 0 Å². The zero-order valence-electron chi connectivity index (χ0n) is 18.1. The summed E-state index contributed by atoms with van der Waals surface area (Å²) < 4.78 is 62.4. The Kier molecular flexibility index (Phi) is 8.20. The number of primary amides is 1. The monoisotopic (exact) mass is 505 g/mol. The molecule has 0 saturated heterocycles. The third-order valence-electron chi connectivity index (χ3n) is 4.98. The number of hydrogen-bond donors (Lipinski definition) is 2. The van der Waals surface area contributed by atoms with Crippen molar-refractivity contribution in [2.24, 2.45) is 5.73 Å². The van der Waals surface area contributed by atoms with Crippen LogP contribution < -0.4 is 15.4 Å². The summed E-state index contributed by atoms with van der Waals surface area (Å²) in [5, 5.41) is 2.57. The maximum Gasteiger partial charge on any atom is 0.433 e. The lowest BCUT2D eigenvalue weighted by molar-refractivity contribution is -0.141. The van der Waals surface area contributed by atoms with Crippen LogP contribution >= 0.6 is 0 Å². The highest BCUT2D eigenvalue weighted by atomic mass is 32.2. The lowest BCUT2D eigenvalue weighted by Crippen LogP contribution is -2.28. The zero-order chi connectivity index (χ0) is 25.6. The topological polar surface area (TPSA) is 128 Å². The molecule has 0 spiro atoms. The summed E-state index contributed by atoms with van der Waals surface area (Å²) in [6, 6.07) is 14.4. The van der Waals surface area contributed by atoms with Crippen LogP contribution in [-0.2, 0) is 30.4 Å². The molecule has 184 valence electrons. The first-order valence-corrected chi connectivity index (χ1v) is 11.2. The molecule has 3 rings (SSSR count). The molecule has 2 aromatic carbocycles. The molecule has 3 N–H and O–H groups in total. The van der Waals surface area contributed by atoms with Crippen LogP contribution in [-0.4, -0.2) is 32.1 Å². The number of carbonyl (C=O) groups excluding carboxylic acids is 2. The summed E-state index contributed by atoms with van der Waals surface area (Å²) in [6.07, 6.45) is -3.19.